The topological polar surface area (TPSA) is 20.2 Å². The molecule has 1 N–H and O–H groups in total. The molecule has 0 aliphatic carbocycles. The van der Waals surface area contributed by atoms with Crippen molar-refractivity contribution in [1.29, 1.82) is 0 Å². The Hall–Kier alpha value is 0.110. The van der Waals surface area contributed by atoms with Crippen molar-refractivity contribution in [1.82, 2.24) is 0 Å². The molecule has 1 nitrogen and oxygen atoms in total. The van der Waals surface area contributed by atoms with Gasteiger partial charge in [-0.2, -0.15) is 0 Å². The molecule has 0 fully saturated rings. The third-order valence-corrected chi connectivity index (χ3v) is 0.563. The minimum absolute atomic E-state index is 0.833. The zero-order chi connectivity index (χ0) is 6.08. The second kappa shape index (κ2) is 1.92. The van der Waals surface area contributed by atoms with Crippen molar-refractivity contribution in [2.45, 2.75) is 18.4 Å². The van der Waals surface area contributed by atoms with Gasteiger partial charge in [0.1, 0.15) is 0 Å². The molecule has 0 saturated heterocycles. The molecule has 7 heavy (non-hydrogen) atoms. The number of hydrogen-bond donors (Lipinski definition) is 1. The van der Waals surface area contributed by atoms with Crippen LogP contribution < -0.4 is 0 Å². The van der Waals surface area contributed by atoms with E-state index in [1.54, 1.807) is 0 Å². The summed E-state index contributed by atoms with van der Waals surface area (Å²) in [5.41, 5.74) is 0. The number of alkyl halides is 3. The Morgan fingerprint density at radius 2 is 1.86 bits per heavy atom. The van der Waals surface area contributed by atoms with Crippen molar-refractivity contribution in [2.75, 3.05) is 0 Å². The highest BCUT2D eigenvalue weighted by molar-refractivity contribution is 6.22. The highest BCUT2D eigenvalue weighted by atomic mass is 35.5. The molecule has 0 aromatic heterocycles. The second-order valence-corrected chi connectivity index (χ2v) is 2.09. The van der Waals surface area contributed by atoms with Crippen molar-refractivity contribution >= 4 is 11.6 Å². The van der Waals surface area contributed by atoms with E-state index in [0.29, 0.717) is 0 Å². The Balaban J connectivity index is 3.54. The van der Waals surface area contributed by atoms with Gasteiger partial charge < -0.3 is 5.11 Å². The third-order valence-electron chi connectivity index (χ3n) is 0.398. The first kappa shape index (κ1) is 7.11. The highest BCUT2D eigenvalue weighted by Crippen LogP contribution is 2.18. The largest absolute Gasteiger partial charge is 0.370 e. The standard InChI is InChI=1S/C3H5ClF2O/c1-3(4,7)2(5)6/h2,7H,1H3. The SMILES string of the molecule is CC(O)(Cl)C(F)F. The zero-order valence-electron chi connectivity index (χ0n) is 3.66. The lowest BCUT2D eigenvalue weighted by atomic mass is 10.4. The van der Waals surface area contributed by atoms with Gasteiger partial charge in [0.05, 0.1) is 0 Å². The van der Waals surface area contributed by atoms with Crippen LogP contribution in [0.25, 0.3) is 0 Å². The number of hydrogen-bond acceptors (Lipinski definition) is 1. The molecule has 0 rings (SSSR count). The molecule has 1 unspecified atom stereocenters. The maximum Gasteiger partial charge on any atom is 0.280 e. The Kier molecular flexibility index (Phi) is 1.95. The predicted octanol–water partition coefficient (Wildman–Crippen LogP) is 1.20. The molecule has 44 valence electrons. The molecule has 0 bridgehead atoms. The zero-order valence-corrected chi connectivity index (χ0v) is 4.41. The van der Waals surface area contributed by atoms with Gasteiger partial charge in [0.15, 0.2) is 5.06 Å². The predicted molar refractivity (Wildman–Crippen MR) is 22.5 cm³/mol. The molecule has 0 heterocycles. The molecule has 1 atom stereocenters. The lowest BCUT2D eigenvalue weighted by Crippen LogP contribution is -2.25. The van der Waals surface area contributed by atoms with Crippen molar-refractivity contribution in [3.63, 3.8) is 0 Å². The molecular formula is C3H5ClF2O. The summed E-state index contributed by atoms with van der Waals surface area (Å²) in [6, 6.07) is 0. The van der Waals surface area contributed by atoms with Crippen LogP contribution in [0.2, 0.25) is 0 Å². The molecule has 0 aliphatic rings. The van der Waals surface area contributed by atoms with E-state index in [4.69, 9.17) is 5.11 Å². The Morgan fingerprint density at radius 1 is 1.71 bits per heavy atom. The molecule has 0 spiro atoms. The van der Waals surface area contributed by atoms with Crippen LogP contribution in [0.5, 0.6) is 0 Å². The van der Waals surface area contributed by atoms with Crippen molar-refractivity contribution in [3.05, 3.63) is 0 Å². The van der Waals surface area contributed by atoms with E-state index in [-0.39, 0.29) is 0 Å². The minimum atomic E-state index is -2.88. The molecule has 0 amide bonds. The van der Waals surface area contributed by atoms with E-state index in [2.05, 4.69) is 11.6 Å². The first-order chi connectivity index (χ1) is 2.94. The van der Waals surface area contributed by atoms with Crippen LogP contribution >= 0.6 is 11.6 Å². The van der Waals surface area contributed by atoms with Gasteiger partial charge in [-0.25, -0.2) is 8.78 Å². The van der Waals surface area contributed by atoms with Gasteiger partial charge >= 0.3 is 0 Å². The van der Waals surface area contributed by atoms with E-state index in [9.17, 15) is 8.78 Å². The van der Waals surface area contributed by atoms with Crippen LogP contribution in [0.1, 0.15) is 6.92 Å². The lowest BCUT2D eigenvalue weighted by molar-refractivity contribution is -0.0237. The molecule has 0 aliphatic heterocycles. The summed E-state index contributed by atoms with van der Waals surface area (Å²) in [4.78, 5) is 0. The van der Waals surface area contributed by atoms with Crippen molar-refractivity contribution in [3.8, 4) is 0 Å². The van der Waals surface area contributed by atoms with Gasteiger partial charge in [-0.3, -0.25) is 0 Å². The van der Waals surface area contributed by atoms with Gasteiger partial charge in [-0.1, -0.05) is 11.6 Å². The molecule has 0 aromatic carbocycles. The Labute approximate surface area is 44.9 Å². The summed E-state index contributed by atoms with van der Waals surface area (Å²) >= 11 is 4.67. The van der Waals surface area contributed by atoms with Crippen LogP contribution in [0.15, 0.2) is 0 Å². The fraction of sp³-hybridized carbons (Fsp3) is 1.00. The third kappa shape index (κ3) is 2.76. The van der Waals surface area contributed by atoms with Gasteiger partial charge in [0.2, 0.25) is 0 Å². The van der Waals surface area contributed by atoms with E-state index in [0.717, 1.165) is 6.92 Å². The van der Waals surface area contributed by atoms with Crippen LogP contribution in [0.3, 0.4) is 0 Å². The first-order valence-corrected chi connectivity index (χ1v) is 2.02. The number of rotatable bonds is 1. The monoisotopic (exact) mass is 130 g/mol. The van der Waals surface area contributed by atoms with E-state index < -0.39 is 11.5 Å². The minimum Gasteiger partial charge on any atom is -0.370 e. The smallest absolute Gasteiger partial charge is 0.280 e. The number of aliphatic hydroxyl groups is 1. The Bertz CT molecular complexity index is 58.4. The molecule has 4 heteroatoms. The van der Waals surface area contributed by atoms with Gasteiger partial charge in [0.25, 0.3) is 6.43 Å². The van der Waals surface area contributed by atoms with Crippen LogP contribution in [-0.4, -0.2) is 16.6 Å². The molecule has 0 radical (unpaired) electrons. The van der Waals surface area contributed by atoms with Crippen molar-refractivity contribution in [2.24, 2.45) is 0 Å². The fourth-order valence-corrected chi connectivity index (χ4v) is 0. The average Bonchev–Trinajstić information content (AvgIpc) is 1.31. The fourth-order valence-electron chi connectivity index (χ4n) is 0. The summed E-state index contributed by atoms with van der Waals surface area (Å²) < 4.78 is 22.3. The van der Waals surface area contributed by atoms with Crippen LogP contribution in [0.4, 0.5) is 8.78 Å². The summed E-state index contributed by atoms with van der Waals surface area (Å²) in [6.07, 6.45) is -2.88. The lowest BCUT2D eigenvalue weighted by Gasteiger charge is -2.10. The number of halogens is 3. The summed E-state index contributed by atoms with van der Waals surface area (Å²) in [5, 5.41) is 5.75. The summed E-state index contributed by atoms with van der Waals surface area (Å²) in [5.74, 6) is 0. The molecule has 0 aromatic rings. The van der Waals surface area contributed by atoms with E-state index >= 15 is 0 Å². The van der Waals surface area contributed by atoms with Crippen LogP contribution in [0, 0.1) is 0 Å². The highest BCUT2D eigenvalue weighted by Gasteiger charge is 2.28. The van der Waals surface area contributed by atoms with Gasteiger partial charge in [0, 0.05) is 0 Å². The van der Waals surface area contributed by atoms with Crippen molar-refractivity contribution < 1.29 is 13.9 Å². The van der Waals surface area contributed by atoms with Crippen LogP contribution in [-0.2, 0) is 0 Å². The molecular weight excluding hydrogens is 125 g/mol. The molecule has 0 saturated carbocycles. The Morgan fingerprint density at radius 3 is 1.86 bits per heavy atom. The maximum absolute atomic E-state index is 11.2. The quantitative estimate of drug-likeness (QED) is 0.529. The van der Waals surface area contributed by atoms with E-state index in [1.807, 2.05) is 0 Å². The summed E-state index contributed by atoms with van der Waals surface area (Å²) in [6.45, 7) is 0.833. The van der Waals surface area contributed by atoms with Gasteiger partial charge in [-0.05, 0) is 6.92 Å². The average molecular weight is 131 g/mol. The first-order valence-electron chi connectivity index (χ1n) is 1.64. The normalized spacial score (nSPS) is 19.7. The van der Waals surface area contributed by atoms with E-state index in [1.165, 1.54) is 0 Å². The second-order valence-electron chi connectivity index (χ2n) is 1.32. The summed E-state index contributed by atoms with van der Waals surface area (Å²) in [7, 11) is 0. The maximum atomic E-state index is 11.2. The van der Waals surface area contributed by atoms with Gasteiger partial charge in [-0.15, -0.1) is 0 Å².